The zero-order valence-corrected chi connectivity index (χ0v) is 15.4. The Morgan fingerprint density at radius 1 is 1.21 bits per heavy atom. The minimum Gasteiger partial charge on any atom is -0.455 e. The molecule has 136 valence electrons. The van der Waals surface area contributed by atoms with E-state index in [4.69, 9.17) is 4.42 Å². The van der Waals surface area contributed by atoms with Gasteiger partial charge in [-0.3, -0.25) is 24.7 Å². The summed E-state index contributed by atoms with van der Waals surface area (Å²) in [5, 5.41) is 2.52. The number of thioether (sulfide) groups is 1. The van der Waals surface area contributed by atoms with Crippen LogP contribution in [0, 0.1) is 11.8 Å². The van der Waals surface area contributed by atoms with Gasteiger partial charge >= 0.3 is 0 Å². The summed E-state index contributed by atoms with van der Waals surface area (Å²) in [6, 6.07) is 8.80. The first-order valence-corrected chi connectivity index (χ1v) is 9.07. The molecule has 1 aliphatic rings. The van der Waals surface area contributed by atoms with Crippen molar-refractivity contribution in [3.8, 4) is 11.8 Å². The van der Waals surface area contributed by atoms with Gasteiger partial charge in [0.2, 0.25) is 0 Å². The highest BCUT2D eigenvalue weighted by molar-refractivity contribution is 8.18. The monoisotopic (exact) mass is 388 g/mol. The van der Waals surface area contributed by atoms with Gasteiger partial charge in [-0.1, -0.05) is 24.0 Å². The number of amides is 2. The molecule has 1 fully saturated rings. The van der Waals surface area contributed by atoms with Gasteiger partial charge < -0.3 is 4.42 Å². The molecular weight excluding hydrogens is 376 g/mol. The summed E-state index contributed by atoms with van der Waals surface area (Å²) in [5.74, 6) is 5.99. The van der Waals surface area contributed by atoms with Crippen LogP contribution in [0.25, 0.3) is 17.0 Å². The summed E-state index contributed by atoms with van der Waals surface area (Å²) >= 11 is 0.824. The van der Waals surface area contributed by atoms with Crippen LogP contribution in [-0.4, -0.2) is 21.9 Å². The Balaban J connectivity index is 1.70. The van der Waals surface area contributed by atoms with E-state index in [9.17, 15) is 14.4 Å². The van der Waals surface area contributed by atoms with Crippen molar-refractivity contribution in [2.45, 2.75) is 6.92 Å². The normalized spacial score (nSPS) is 14.8. The van der Waals surface area contributed by atoms with Crippen LogP contribution in [0.15, 0.2) is 52.0 Å². The van der Waals surface area contributed by atoms with Crippen LogP contribution < -0.4 is 5.32 Å². The Hall–Kier alpha value is -3.63. The summed E-state index contributed by atoms with van der Waals surface area (Å²) in [5.41, 5.74) is 2.41. The number of imide groups is 1. The molecule has 0 aliphatic carbocycles. The quantitative estimate of drug-likeness (QED) is 0.409. The number of ketones is 1. The number of carbonyl (C=O) groups is 3. The van der Waals surface area contributed by atoms with Gasteiger partial charge in [0.05, 0.1) is 10.5 Å². The van der Waals surface area contributed by atoms with Crippen molar-refractivity contribution in [1.29, 1.82) is 0 Å². The van der Waals surface area contributed by atoms with E-state index in [1.807, 2.05) is 6.07 Å². The lowest BCUT2D eigenvalue weighted by molar-refractivity contribution is -0.115. The van der Waals surface area contributed by atoms with E-state index in [1.54, 1.807) is 36.7 Å². The molecular formula is C21H12N2O4S. The maximum Gasteiger partial charge on any atom is 0.290 e. The van der Waals surface area contributed by atoms with Gasteiger partial charge in [-0.05, 0) is 36.9 Å². The van der Waals surface area contributed by atoms with E-state index in [2.05, 4.69) is 22.1 Å². The molecule has 3 aromatic rings. The Morgan fingerprint density at radius 3 is 2.82 bits per heavy atom. The van der Waals surface area contributed by atoms with Crippen LogP contribution in [0.1, 0.15) is 34.2 Å². The van der Waals surface area contributed by atoms with E-state index in [0.717, 1.165) is 17.1 Å². The number of pyridine rings is 1. The first-order chi connectivity index (χ1) is 13.5. The number of furan rings is 1. The predicted molar refractivity (Wildman–Crippen MR) is 106 cm³/mol. The molecule has 2 aromatic heterocycles. The molecule has 28 heavy (non-hydrogen) atoms. The third-order valence-electron chi connectivity index (χ3n) is 3.97. The van der Waals surface area contributed by atoms with Crippen molar-refractivity contribution in [1.82, 2.24) is 10.3 Å². The fourth-order valence-corrected chi connectivity index (χ4v) is 3.31. The molecule has 1 aromatic carbocycles. The van der Waals surface area contributed by atoms with E-state index in [1.165, 1.54) is 13.0 Å². The summed E-state index contributed by atoms with van der Waals surface area (Å²) in [6.45, 7) is 1.51. The van der Waals surface area contributed by atoms with Crippen molar-refractivity contribution in [2.24, 2.45) is 0 Å². The first-order valence-electron chi connectivity index (χ1n) is 8.25. The summed E-state index contributed by atoms with van der Waals surface area (Å²) < 4.78 is 5.82. The Kier molecular flexibility index (Phi) is 4.55. The molecule has 1 aliphatic heterocycles. The van der Waals surface area contributed by atoms with Gasteiger partial charge in [0, 0.05) is 35.0 Å². The third-order valence-corrected chi connectivity index (χ3v) is 4.78. The summed E-state index contributed by atoms with van der Waals surface area (Å²) in [7, 11) is 0. The Morgan fingerprint density at radius 2 is 2.07 bits per heavy atom. The van der Waals surface area contributed by atoms with Crippen molar-refractivity contribution in [2.75, 3.05) is 0 Å². The highest BCUT2D eigenvalue weighted by Crippen LogP contribution is 2.28. The number of hydrogen-bond donors (Lipinski definition) is 1. The van der Waals surface area contributed by atoms with Crippen LogP contribution in [-0.2, 0) is 4.79 Å². The molecule has 0 bridgehead atoms. The lowest BCUT2D eigenvalue weighted by atomic mass is 10.1. The van der Waals surface area contributed by atoms with Gasteiger partial charge in [-0.15, -0.1) is 0 Å². The number of Topliss-reactive ketones (excluding diaryl/α,β-unsaturated/α-hetero) is 1. The predicted octanol–water partition coefficient (Wildman–Crippen LogP) is 3.75. The van der Waals surface area contributed by atoms with Crippen LogP contribution >= 0.6 is 11.8 Å². The number of hydrogen-bond acceptors (Lipinski definition) is 6. The SMILES string of the molecule is CC(=O)c1cccc(C#Cc2cncc3cc(/C=C4\SC(=O)NC4=O)oc23)c1. The molecule has 6 nitrogen and oxygen atoms in total. The molecule has 3 heterocycles. The van der Waals surface area contributed by atoms with Crippen LogP contribution in [0.4, 0.5) is 4.79 Å². The molecule has 1 saturated heterocycles. The molecule has 4 rings (SSSR count). The zero-order valence-electron chi connectivity index (χ0n) is 14.6. The van der Waals surface area contributed by atoms with Gasteiger partial charge in [-0.2, -0.15) is 0 Å². The van der Waals surface area contributed by atoms with E-state index < -0.39 is 11.1 Å². The van der Waals surface area contributed by atoms with Gasteiger partial charge in [-0.25, -0.2) is 0 Å². The van der Waals surface area contributed by atoms with Crippen molar-refractivity contribution >= 4 is 45.7 Å². The summed E-state index contributed by atoms with van der Waals surface area (Å²) in [4.78, 5) is 38.9. The van der Waals surface area contributed by atoms with Crippen molar-refractivity contribution in [3.05, 3.63) is 70.1 Å². The molecule has 7 heteroatoms. The maximum atomic E-state index is 11.7. The van der Waals surface area contributed by atoms with Crippen molar-refractivity contribution < 1.29 is 18.8 Å². The third kappa shape index (κ3) is 3.59. The number of nitrogens with one attached hydrogen (secondary N) is 1. The minimum atomic E-state index is -0.445. The number of rotatable bonds is 2. The maximum absolute atomic E-state index is 11.7. The molecule has 0 spiro atoms. The lowest BCUT2D eigenvalue weighted by Gasteiger charge is -1.96. The second-order valence-electron chi connectivity index (χ2n) is 5.99. The van der Waals surface area contributed by atoms with Crippen LogP contribution in [0.3, 0.4) is 0 Å². The fraction of sp³-hybridized carbons (Fsp3) is 0.0476. The average Bonchev–Trinajstić information content (AvgIpc) is 3.22. The number of fused-ring (bicyclic) bond motifs is 1. The molecule has 2 amide bonds. The minimum absolute atomic E-state index is 0.0246. The van der Waals surface area contributed by atoms with Gasteiger partial charge in [0.25, 0.3) is 11.1 Å². The molecule has 0 unspecified atom stereocenters. The first kappa shape index (κ1) is 17.8. The lowest BCUT2D eigenvalue weighted by Crippen LogP contribution is -2.17. The molecule has 0 atom stereocenters. The molecule has 0 radical (unpaired) electrons. The van der Waals surface area contributed by atoms with Gasteiger partial charge in [0.1, 0.15) is 5.76 Å². The largest absolute Gasteiger partial charge is 0.455 e. The fourth-order valence-electron chi connectivity index (χ4n) is 2.65. The second-order valence-corrected chi connectivity index (χ2v) is 7.01. The highest BCUT2D eigenvalue weighted by atomic mass is 32.2. The zero-order chi connectivity index (χ0) is 19.7. The molecule has 1 N–H and O–H groups in total. The van der Waals surface area contributed by atoms with Crippen molar-refractivity contribution in [3.63, 3.8) is 0 Å². The average molecular weight is 388 g/mol. The number of aromatic nitrogens is 1. The van der Waals surface area contributed by atoms with E-state index in [-0.39, 0.29) is 10.7 Å². The number of nitrogens with zero attached hydrogens (tertiary/aromatic N) is 1. The standard InChI is InChI=1S/C21H12N2O4S/c1-12(24)14-4-2-3-13(7-14)5-6-15-10-22-11-16-8-17(27-19(15)16)9-18-20(25)23-21(26)28-18/h2-4,7-11H,1H3,(H,23,25,26)/b18-9-. The Labute approximate surface area is 164 Å². The van der Waals surface area contributed by atoms with Gasteiger partial charge in [0.15, 0.2) is 11.4 Å². The van der Waals surface area contributed by atoms with Crippen LogP contribution in [0.2, 0.25) is 0 Å². The number of carbonyl (C=O) groups excluding carboxylic acids is 3. The summed E-state index contributed by atoms with van der Waals surface area (Å²) in [6.07, 6.45) is 4.74. The Bertz CT molecular complexity index is 1240. The topological polar surface area (TPSA) is 89.3 Å². The molecule has 0 saturated carbocycles. The smallest absolute Gasteiger partial charge is 0.290 e. The van der Waals surface area contributed by atoms with E-state index in [0.29, 0.717) is 28.0 Å². The van der Waals surface area contributed by atoms with E-state index >= 15 is 0 Å². The number of benzene rings is 1. The second kappa shape index (κ2) is 7.18. The highest BCUT2D eigenvalue weighted by Gasteiger charge is 2.25. The van der Waals surface area contributed by atoms with Crippen LogP contribution in [0.5, 0.6) is 0 Å².